The highest BCUT2D eigenvalue weighted by molar-refractivity contribution is 4.94. The Labute approximate surface area is 113 Å². The molecule has 2 heterocycles. The van der Waals surface area contributed by atoms with Gasteiger partial charge >= 0.3 is 0 Å². The van der Waals surface area contributed by atoms with Crippen molar-refractivity contribution < 1.29 is 0 Å². The van der Waals surface area contributed by atoms with Gasteiger partial charge in [-0.25, -0.2) is 0 Å². The molecule has 3 fully saturated rings. The molecule has 0 bridgehead atoms. The first kappa shape index (κ1) is 12.9. The molecule has 1 aliphatic carbocycles. The standard InChI is InChI=1S/C16H30N2/c1-16(2)7-9-18(10-8-16)12-14-11-13-5-3-4-6-15(13)17-14/h13-15,17H,3-12H2,1-2H3. The van der Waals surface area contributed by atoms with E-state index in [2.05, 4.69) is 24.1 Å². The monoisotopic (exact) mass is 250 g/mol. The molecule has 0 aromatic heterocycles. The van der Waals surface area contributed by atoms with Crippen LogP contribution in [0.25, 0.3) is 0 Å². The number of rotatable bonds is 2. The van der Waals surface area contributed by atoms with Crippen LogP contribution in [0.2, 0.25) is 0 Å². The molecule has 2 nitrogen and oxygen atoms in total. The van der Waals surface area contributed by atoms with E-state index in [0.29, 0.717) is 5.41 Å². The van der Waals surface area contributed by atoms with Gasteiger partial charge in [-0.15, -0.1) is 0 Å². The van der Waals surface area contributed by atoms with Gasteiger partial charge in [0.2, 0.25) is 0 Å². The highest BCUT2D eigenvalue weighted by atomic mass is 15.2. The molecule has 2 saturated heterocycles. The van der Waals surface area contributed by atoms with E-state index >= 15 is 0 Å². The number of nitrogens with zero attached hydrogens (tertiary/aromatic N) is 1. The van der Waals surface area contributed by atoms with E-state index in [0.717, 1.165) is 18.0 Å². The molecule has 1 N–H and O–H groups in total. The van der Waals surface area contributed by atoms with Crippen molar-refractivity contribution >= 4 is 0 Å². The summed E-state index contributed by atoms with van der Waals surface area (Å²) in [6.45, 7) is 8.80. The minimum Gasteiger partial charge on any atom is -0.310 e. The summed E-state index contributed by atoms with van der Waals surface area (Å²) in [5.74, 6) is 1.00. The zero-order valence-electron chi connectivity index (χ0n) is 12.3. The third kappa shape index (κ3) is 2.91. The molecule has 3 aliphatic rings. The van der Waals surface area contributed by atoms with Crippen LogP contribution in [0.5, 0.6) is 0 Å². The van der Waals surface area contributed by atoms with E-state index < -0.39 is 0 Å². The summed E-state index contributed by atoms with van der Waals surface area (Å²) < 4.78 is 0. The molecule has 0 aromatic rings. The molecule has 0 radical (unpaired) electrons. The molecule has 3 rings (SSSR count). The third-order valence-corrected chi connectivity index (χ3v) is 5.63. The van der Waals surface area contributed by atoms with Gasteiger partial charge in [0.15, 0.2) is 0 Å². The average molecular weight is 250 g/mol. The normalized spacial score (nSPS) is 40.7. The summed E-state index contributed by atoms with van der Waals surface area (Å²) in [6, 6.07) is 1.66. The third-order valence-electron chi connectivity index (χ3n) is 5.63. The van der Waals surface area contributed by atoms with Gasteiger partial charge < -0.3 is 10.2 Å². The molecule has 2 aliphatic heterocycles. The summed E-state index contributed by atoms with van der Waals surface area (Å²) in [5, 5.41) is 3.92. The zero-order valence-corrected chi connectivity index (χ0v) is 12.3. The van der Waals surface area contributed by atoms with E-state index in [1.165, 1.54) is 64.6 Å². The second kappa shape index (κ2) is 5.13. The highest BCUT2D eigenvalue weighted by Gasteiger charge is 2.36. The van der Waals surface area contributed by atoms with E-state index in [9.17, 15) is 0 Å². The average Bonchev–Trinajstić information content (AvgIpc) is 2.74. The van der Waals surface area contributed by atoms with Gasteiger partial charge in [0.1, 0.15) is 0 Å². The van der Waals surface area contributed by atoms with Crippen LogP contribution in [-0.2, 0) is 0 Å². The second-order valence-corrected chi connectivity index (χ2v) is 7.72. The van der Waals surface area contributed by atoms with Crippen molar-refractivity contribution in [1.29, 1.82) is 0 Å². The van der Waals surface area contributed by atoms with E-state index in [1.807, 2.05) is 0 Å². The lowest BCUT2D eigenvalue weighted by Crippen LogP contribution is -2.44. The molecule has 2 heteroatoms. The molecule has 0 amide bonds. The Morgan fingerprint density at radius 2 is 1.83 bits per heavy atom. The molecule has 3 unspecified atom stereocenters. The van der Waals surface area contributed by atoms with E-state index in [1.54, 1.807) is 0 Å². The van der Waals surface area contributed by atoms with E-state index in [-0.39, 0.29) is 0 Å². The van der Waals surface area contributed by atoms with Crippen LogP contribution in [0.3, 0.4) is 0 Å². The first-order valence-corrected chi connectivity index (χ1v) is 8.11. The lowest BCUT2D eigenvalue weighted by Gasteiger charge is -2.38. The van der Waals surface area contributed by atoms with E-state index in [4.69, 9.17) is 0 Å². The number of likely N-dealkylation sites (tertiary alicyclic amines) is 1. The van der Waals surface area contributed by atoms with Crippen molar-refractivity contribution in [2.24, 2.45) is 11.3 Å². The van der Waals surface area contributed by atoms with Crippen molar-refractivity contribution in [3.05, 3.63) is 0 Å². The smallest absolute Gasteiger partial charge is 0.0200 e. The second-order valence-electron chi connectivity index (χ2n) is 7.72. The fourth-order valence-corrected chi connectivity index (χ4v) is 4.23. The molecular weight excluding hydrogens is 220 g/mol. The number of piperidine rings is 1. The summed E-state index contributed by atoms with van der Waals surface area (Å²) in [4.78, 5) is 2.71. The van der Waals surface area contributed by atoms with Crippen LogP contribution in [0.15, 0.2) is 0 Å². The summed E-state index contributed by atoms with van der Waals surface area (Å²) >= 11 is 0. The highest BCUT2D eigenvalue weighted by Crippen LogP contribution is 2.34. The predicted octanol–water partition coefficient (Wildman–Crippen LogP) is 3.03. The minimum atomic E-state index is 0.591. The van der Waals surface area contributed by atoms with Gasteiger partial charge in [-0.05, 0) is 56.5 Å². The van der Waals surface area contributed by atoms with Crippen LogP contribution in [0, 0.1) is 11.3 Å². The Kier molecular flexibility index (Phi) is 3.68. The van der Waals surface area contributed by atoms with Gasteiger partial charge in [0.25, 0.3) is 0 Å². The lowest BCUT2D eigenvalue weighted by molar-refractivity contribution is 0.124. The Hall–Kier alpha value is -0.0800. The molecule has 104 valence electrons. The fourth-order valence-electron chi connectivity index (χ4n) is 4.23. The maximum absolute atomic E-state index is 3.92. The van der Waals surface area contributed by atoms with Crippen molar-refractivity contribution in [3.63, 3.8) is 0 Å². The molecule has 18 heavy (non-hydrogen) atoms. The van der Waals surface area contributed by atoms with Crippen molar-refractivity contribution in [2.45, 2.75) is 70.9 Å². The predicted molar refractivity (Wildman–Crippen MR) is 76.7 cm³/mol. The van der Waals surface area contributed by atoms with Crippen molar-refractivity contribution in [1.82, 2.24) is 10.2 Å². The van der Waals surface area contributed by atoms with Gasteiger partial charge in [-0.1, -0.05) is 26.7 Å². The van der Waals surface area contributed by atoms with Crippen LogP contribution in [0.1, 0.15) is 58.8 Å². The number of nitrogens with one attached hydrogen (secondary N) is 1. The molecule has 3 atom stereocenters. The number of hydrogen-bond donors (Lipinski definition) is 1. The quantitative estimate of drug-likeness (QED) is 0.810. The Balaban J connectivity index is 1.47. The first-order chi connectivity index (χ1) is 8.62. The molecular formula is C16H30N2. The number of fused-ring (bicyclic) bond motifs is 1. The van der Waals surface area contributed by atoms with Gasteiger partial charge in [0.05, 0.1) is 0 Å². The molecule has 0 aromatic carbocycles. The molecule has 0 spiro atoms. The van der Waals surface area contributed by atoms with Gasteiger partial charge in [0, 0.05) is 18.6 Å². The van der Waals surface area contributed by atoms with Gasteiger partial charge in [-0.3, -0.25) is 0 Å². The maximum Gasteiger partial charge on any atom is 0.0200 e. The van der Waals surface area contributed by atoms with Crippen LogP contribution < -0.4 is 5.32 Å². The lowest BCUT2D eigenvalue weighted by atomic mass is 9.82. The molecule has 1 saturated carbocycles. The minimum absolute atomic E-state index is 0.591. The number of hydrogen-bond acceptors (Lipinski definition) is 2. The maximum atomic E-state index is 3.92. The van der Waals surface area contributed by atoms with Crippen molar-refractivity contribution in [3.8, 4) is 0 Å². The van der Waals surface area contributed by atoms with Crippen LogP contribution >= 0.6 is 0 Å². The first-order valence-electron chi connectivity index (χ1n) is 8.11. The largest absolute Gasteiger partial charge is 0.310 e. The topological polar surface area (TPSA) is 15.3 Å². The summed E-state index contributed by atoms with van der Waals surface area (Å²) in [6.07, 6.45) is 10.1. The van der Waals surface area contributed by atoms with Crippen LogP contribution in [-0.4, -0.2) is 36.6 Å². The van der Waals surface area contributed by atoms with Crippen molar-refractivity contribution in [2.75, 3.05) is 19.6 Å². The Bertz CT molecular complexity index is 263. The zero-order chi connectivity index (χ0) is 12.6. The van der Waals surface area contributed by atoms with Gasteiger partial charge in [-0.2, -0.15) is 0 Å². The fraction of sp³-hybridized carbons (Fsp3) is 1.00. The Morgan fingerprint density at radius 1 is 1.11 bits per heavy atom. The summed E-state index contributed by atoms with van der Waals surface area (Å²) in [7, 11) is 0. The summed E-state index contributed by atoms with van der Waals surface area (Å²) in [5.41, 5.74) is 0.591. The van der Waals surface area contributed by atoms with Crippen LogP contribution in [0.4, 0.5) is 0 Å². The SMILES string of the molecule is CC1(C)CCN(CC2CC3CCCCC3N2)CC1. The Morgan fingerprint density at radius 3 is 2.56 bits per heavy atom.